The molecule has 1 unspecified atom stereocenters. The molecule has 0 aliphatic carbocycles. The topological polar surface area (TPSA) is 45.2 Å². The van der Waals surface area contributed by atoms with Crippen molar-refractivity contribution in [3.05, 3.63) is 34.0 Å². The lowest BCUT2D eigenvalue weighted by Gasteiger charge is -2.24. The molecule has 1 atom stereocenters. The lowest BCUT2D eigenvalue weighted by atomic mass is 10.2. The molecule has 2 aromatic heterocycles. The van der Waals surface area contributed by atoms with Crippen LogP contribution in [0.2, 0.25) is 0 Å². The van der Waals surface area contributed by atoms with Crippen LogP contribution in [0.5, 0.6) is 0 Å². The molecule has 1 saturated heterocycles. The van der Waals surface area contributed by atoms with Crippen LogP contribution in [0.15, 0.2) is 28.4 Å². The standard InChI is InChI=1S/C14H17N3OS2/c18-13(8-11-3-6-19-10-11)16-9-12-2-1-5-17(12)14-15-4-7-20-14/h3-4,6-7,10,12H,1-2,5,8-9H2,(H,16,18). The Labute approximate surface area is 126 Å². The van der Waals surface area contributed by atoms with E-state index in [0.717, 1.165) is 23.7 Å². The van der Waals surface area contributed by atoms with Crippen molar-refractivity contribution in [1.29, 1.82) is 0 Å². The number of rotatable bonds is 5. The SMILES string of the molecule is O=C(Cc1ccsc1)NCC1CCCN1c1nccs1. The minimum atomic E-state index is 0.106. The molecule has 106 valence electrons. The van der Waals surface area contributed by atoms with Gasteiger partial charge in [-0.3, -0.25) is 4.79 Å². The molecule has 6 heteroatoms. The van der Waals surface area contributed by atoms with Crippen LogP contribution in [-0.2, 0) is 11.2 Å². The van der Waals surface area contributed by atoms with Gasteiger partial charge in [0.15, 0.2) is 5.13 Å². The Bertz CT molecular complexity index is 539. The summed E-state index contributed by atoms with van der Waals surface area (Å²) in [6.07, 6.45) is 4.61. The maximum atomic E-state index is 11.9. The first kappa shape index (κ1) is 13.6. The second kappa shape index (κ2) is 6.37. The molecule has 1 N–H and O–H groups in total. The summed E-state index contributed by atoms with van der Waals surface area (Å²) in [5.74, 6) is 0.106. The highest BCUT2D eigenvalue weighted by molar-refractivity contribution is 7.13. The van der Waals surface area contributed by atoms with Gasteiger partial charge in [-0.15, -0.1) is 11.3 Å². The molecule has 3 rings (SSSR count). The van der Waals surface area contributed by atoms with Crippen LogP contribution in [0.25, 0.3) is 0 Å². The quantitative estimate of drug-likeness (QED) is 0.923. The fraction of sp³-hybridized carbons (Fsp3) is 0.429. The summed E-state index contributed by atoms with van der Waals surface area (Å²) in [6, 6.07) is 2.38. The van der Waals surface area contributed by atoms with Crippen LogP contribution >= 0.6 is 22.7 Å². The van der Waals surface area contributed by atoms with Crippen molar-refractivity contribution in [3.8, 4) is 0 Å². The van der Waals surface area contributed by atoms with Gasteiger partial charge in [-0.2, -0.15) is 11.3 Å². The number of hydrogen-bond donors (Lipinski definition) is 1. The van der Waals surface area contributed by atoms with E-state index in [1.54, 1.807) is 22.7 Å². The molecule has 2 aromatic rings. The van der Waals surface area contributed by atoms with Gasteiger partial charge in [0.05, 0.1) is 6.42 Å². The monoisotopic (exact) mass is 307 g/mol. The third-order valence-corrected chi connectivity index (χ3v) is 5.06. The van der Waals surface area contributed by atoms with Crippen molar-refractivity contribution >= 4 is 33.7 Å². The van der Waals surface area contributed by atoms with E-state index >= 15 is 0 Å². The average molecular weight is 307 g/mol. The van der Waals surface area contributed by atoms with E-state index in [2.05, 4.69) is 15.2 Å². The molecule has 0 radical (unpaired) electrons. The van der Waals surface area contributed by atoms with Gasteiger partial charge in [-0.05, 0) is 35.2 Å². The summed E-state index contributed by atoms with van der Waals surface area (Å²) in [4.78, 5) is 18.6. The van der Waals surface area contributed by atoms with Gasteiger partial charge in [0.2, 0.25) is 5.91 Å². The number of nitrogens with one attached hydrogen (secondary N) is 1. The highest BCUT2D eigenvalue weighted by Gasteiger charge is 2.26. The van der Waals surface area contributed by atoms with E-state index in [-0.39, 0.29) is 5.91 Å². The summed E-state index contributed by atoms with van der Waals surface area (Å²) in [6.45, 7) is 1.75. The number of carbonyl (C=O) groups is 1. The molecule has 1 aliphatic heterocycles. The normalized spacial score (nSPS) is 18.4. The highest BCUT2D eigenvalue weighted by Crippen LogP contribution is 2.26. The zero-order chi connectivity index (χ0) is 13.8. The Kier molecular flexibility index (Phi) is 4.32. The van der Waals surface area contributed by atoms with Gasteiger partial charge in [-0.1, -0.05) is 0 Å². The van der Waals surface area contributed by atoms with Crippen molar-refractivity contribution in [2.75, 3.05) is 18.0 Å². The number of aromatic nitrogens is 1. The minimum absolute atomic E-state index is 0.106. The molecule has 0 spiro atoms. The Morgan fingerprint density at radius 3 is 3.20 bits per heavy atom. The Hall–Kier alpha value is -1.40. The number of thiophene rings is 1. The molecule has 0 aromatic carbocycles. The van der Waals surface area contributed by atoms with Crippen molar-refractivity contribution in [2.45, 2.75) is 25.3 Å². The van der Waals surface area contributed by atoms with E-state index in [4.69, 9.17) is 0 Å². The number of carbonyl (C=O) groups excluding carboxylic acids is 1. The van der Waals surface area contributed by atoms with Crippen molar-refractivity contribution in [1.82, 2.24) is 10.3 Å². The summed E-state index contributed by atoms with van der Waals surface area (Å²) >= 11 is 3.29. The van der Waals surface area contributed by atoms with Gasteiger partial charge < -0.3 is 10.2 Å². The molecule has 1 amide bonds. The number of anilines is 1. The van der Waals surface area contributed by atoms with E-state index in [9.17, 15) is 4.79 Å². The molecular formula is C14H17N3OS2. The van der Waals surface area contributed by atoms with Crippen molar-refractivity contribution in [3.63, 3.8) is 0 Å². The Morgan fingerprint density at radius 2 is 2.45 bits per heavy atom. The fourth-order valence-corrected chi connectivity index (χ4v) is 3.94. The lowest BCUT2D eigenvalue weighted by molar-refractivity contribution is -0.120. The number of nitrogens with zero attached hydrogens (tertiary/aromatic N) is 2. The molecular weight excluding hydrogens is 290 g/mol. The average Bonchev–Trinajstić information content (AvgIpc) is 3.18. The first-order chi connectivity index (χ1) is 9.83. The molecule has 1 fully saturated rings. The summed E-state index contributed by atoms with van der Waals surface area (Å²) in [5, 5.41) is 10.2. The van der Waals surface area contributed by atoms with Crippen molar-refractivity contribution in [2.24, 2.45) is 0 Å². The third-order valence-electron chi connectivity index (χ3n) is 3.52. The van der Waals surface area contributed by atoms with Crippen LogP contribution in [0.3, 0.4) is 0 Å². The van der Waals surface area contributed by atoms with E-state index in [1.165, 1.54) is 6.42 Å². The third kappa shape index (κ3) is 3.19. The predicted molar refractivity (Wildman–Crippen MR) is 83.5 cm³/mol. The lowest BCUT2D eigenvalue weighted by Crippen LogP contribution is -2.40. The minimum Gasteiger partial charge on any atom is -0.354 e. The first-order valence-electron chi connectivity index (χ1n) is 6.77. The molecule has 3 heterocycles. The smallest absolute Gasteiger partial charge is 0.224 e. The number of amides is 1. The summed E-state index contributed by atoms with van der Waals surface area (Å²) in [5.41, 5.74) is 1.09. The maximum Gasteiger partial charge on any atom is 0.224 e. The van der Waals surface area contributed by atoms with Gasteiger partial charge in [0, 0.05) is 30.7 Å². The van der Waals surface area contributed by atoms with Crippen LogP contribution in [0.4, 0.5) is 5.13 Å². The predicted octanol–water partition coefficient (Wildman–Crippen LogP) is 2.53. The van der Waals surface area contributed by atoms with Crippen molar-refractivity contribution < 1.29 is 4.79 Å². The molecule has 1 aliphatic rings. The van der Waals surface area contributed by atoms with Crippen LogP contribution < -0.4 is 10.2 Å². The molecule has 20 heavy (non-hydrogen) atoms. The Morgan fingerprint density at radius 1 is 1.50 bits per heavy atom. The molecule has 4 nitrogen and oxygen atoms in total. The van der Waals surface area contributed by atoms with Crippen LogP contribution in [0, 0.1) is 0 Å². The molecule has 0 saturated carbocycles. The molecule has 0 bridgehead atoms. The number of hydrogen-bond acceptors (Lipinski definition) is 5. The zero-order valence-electron chi connectivity index (χ0n) is 11.1. The number of thiazole rings is 1. The summed E-state index contributed by atoms with van der Waals surface area (Å²) < 4.78 is 0. The fourth-order valence-electron chi connectivity index (χ4n) is 2.53. The maximum absolute atomic E-state index is 11.9. The van der Waals surface area contributed by atoms with Crippen LogP contribution in [0.1, 0.15) is 18.4 Å². The van der Waals surface area contributed by atoms with Gasteiger partial charge >= 0.3 is 0 Å². The van der Waals surface area contributed by atoms with E-state index < -0.39 is 0 Å². The summed E-state index contributed by atoms with van der Waals surface area (Å²) in [7, 11) is 0. The zero-order valence-corrected chi connectivity index (χ0v) is 12.8. The largest absolute Gasteiger partial charge is 0.354 e. The first-order valence-corrected chi connectivity index (χ1v) is 8.59. The highest BCUT2D eigenvalue weighted by atomic mass is 32.1. The van der Waals surface area contributed by atoms with E-state index in [0.29, 0.717) is 19.0 Å². The Balaban J connectivity index is 1.51. The van der Waals surface area contributed by atoms with Gasteiger partial charge in [-0.25, -0.2) is 4.98 Å². The van der Waals surface area contributed by atoms with Gasteiger partial charge in [0.1, 0.15) is 0 Å². The van der Waals surface area contributed by atoms with Crippen LogP contribution in [-0.4, -0.2) is 30.0 Å². The van der Waals surface area contributed by atoms with Gasteiger partial charge in [0.25, 0.3) is 0 Å². The van der Waals surface area contributed by atoms with E-state index in [1.807, 2.05) is 28.4 Å². The second-order valence-electron chi connectivity index (χ2n) is 4.92. The second-order valence-corrected chi connectivity index (χ2v) is 6.57.